The lowest BCUT2D eigenvalue weighted by Crippen LogP contribution is -2.42. The van der Waals surface area contributed by atoms with E-state index in [2.05, 4.69) is 10.4 Å². The van der Waals surface area contributed by atoms with Crippen molar-refractivity contribution < 1.29 is 19.4 Å². The number of nitrogens with one attached hydrogen (secondary N) is 1. The number of hydrogen-bond acceptors (Lipinski definition) is 5. The quantitative estimate of drug-likeness (QED) is 0.778. The average Bonchev–Trinajstić information content (AvgIpc) is 3.13. The summed E-state index contributed by atoms with van der Waals surface area (Å²) in [6.07, 6.45) is 5.58. The Morgan fingerprint density at radius 2 is 2.42 bits per heavy atom. The maximum Gasteiger partial charge on any atom is 0.227 e. The first-order chi connectivity index (χ1) is 11.5. The SMILES string of the molecule is Cn1cc(N2CC(C(=O)NCCC3(O)CCCOC3)CC2=O)cn1. The Hall–Kier alpha value is -1.93. The number of aryl methyl sites for hydroxylation is 1. The molecule has 3 rings (SSSR count). The first-order valence-electron chi connectivity index (χ1n) is 8.34. The second-order valence-corrected chi connectivity index (χ2v) is 6.70. The molecule has 0 saturated carbocycles. The summed E-state index contributed by atoms with van der Waals surface area (Å²) in [6, 6.07) is 0. The summed E-state index contributed by atoms with van der Waals surface area (Å²) >= 11 is 0. The molecule has 3 heterocycles. The number of amides is 2. The van der Waals surface area contributed by atoms with Crippen LogP contribution in [0.4, 0.5) is 5.69 Å². The van der Waals surface area contributed by atoms with Gasteiger partial charge in [-0.2, -0.15) is 5.10 Å². The fourth-order valence-electron chi connectivity index (χ4n) is 3.28. The van der Waals surface area contributed by atoms with Crippen molar-refractivity contribution in [2.24, 2.45) is 13.0 Å². The molecule has 2 aliphatic heterocycles. The monoisotopic (exact) mass is 336 g/mol. The fourth-order valence-corrected chi connectivity index (χ4v) is 3.28. The first kappa shape index (κ1) is 16.9. The van der Waals surface area contributed by atoms with Gasteiger partial charge >= 0.3 is 0 Å². The molecule has 2 atom stereocenters. The molecule has 1 aromatic heterocycles. The molecule has 0 aromatic carbocycles. The number of anilines is 1. The standard InChI is InChI=1S/C16H24N4O4/c1-19-10-13(8-18-19)20-9-12(7-14(20)21)15(22)17-5-4-16(23)3-2-6-24-11-16/h8,10,12,23H,2-7,9,11H2,1H3,(H,17,22). The normalized spacial score (nSPS) is 27.5. The van der Waals surface area contributed by atoms with Crippen molar-refractivity contribution in [1.29, 1.82) is 0 Å². The van der Waals surface area contributed by atoms with E-state index in [1.807, 2.05) is 0 Å². The van der Waals surface area contributed by atoms with Crippen LogP contribution in [-0.2, 0) is 21.4 Å². The Morgan fingerprint density at radius 1 is 1.58 bits per heavy atom. The summed E-state index contributed by atoms with van der Waals surface area (Å²) < 4.78 is 6.93. The van der Waals surface area contributed by atoms with Gasteiger partial charge in [0.25, 0.3) is 0 Å². The topological polar surface area (TPSA) is 96.7 Å². The molecule has 2 saturated heterocycles. The molecule has 2 N–H and O–H groups in total. The van der Waals surface area contributed by atoms with Crippen LogP contribution in [0.2, 0.25) is 0 Å². The lowest BCUT2D eigenvalue weighted by molar-refractivity contribution is -0.127. The highest BCUT2D eigenvalue weighted by Crippen LogP contribution is 2.25. The van der Waals surface area contributed by atoms with E-state index in [9.17, 15) is 14.7 Å². The van der Waals surface area contributed by atoms with Crippen LogP contribution in [0, 0.1) is 5.92 Å². The Morgan fingerprint density at radius 3 is 3.08 bits per heavy atom. The van der Waals surface area contributed by atoms with Gasteiger partial charge in [-0.1, -0.05) is 0 Å². The van der Waals surface area contributed by atoms with E-state index in [4.69, 9.17) is 4.74 Å². The molecule has 24 heavy (non-hydrogen) atoms. The van der Waals surface area contributed by atoms with Gasteiger partial charge < -0.3 is 20.1 Å². The number of nitrogens with zero attached hydrogens (tertiary/aromatic N) is 3. The number of carbonyl (C=O) groups is 2. The molecule has 8 heteroatoms. The molecular weight excluding hydrogens is 312 g/mol. The highest BCUT2D eigenvalue weighted by atomic mass is 16.5. The zero-order valence-corrected chi connectivity index (χ0v) is 13.9. The molecule has 132 valence electrons. The van der Waals surface area contributed by atoms with Crippen molar-refractivity contribution in [3.8, 4) is 0 Å². The number of ether oxygens (including phenoxy) is 1. The van der Waals surface area contributed by atoms with Gasteiger partial charge in [-0.15, -0.1) is 0 Å². The molecule has 2 aliphatic rings. The van der Waals surface area contributed by atoms with Gasteiger partial charge in [-0.25, -0.2) is 0 Å². The third kappa shape index (κ3) is 3.76. The largest absolute Gasteiger partial charge is 0.387 e. The van der Waals surface area contributed by atoms with Gasteiger partial charge in [0.1, 0.15) is 0 Å². The highest BCUT2D eigenvalue weighted by molar-refractivity contribution is 6.00. The molecule has 0 spiro atoms. The van der Waals surface area contributed by atoms with Gasteiger partial charge in [0, 0.05) is 39.4 Å². The minimum atomic E-state index is -0.848. The van der Waals surface area contributed by atoms with Crippen molar-refractivity contribution in [3.05, 3.63) is 12.4 Å². The predicted octanol–water partition coefficient (Wildman–Crippen LogP) is -0.179. The number of carbonyl (C=O) groups excluding carboxylic acids is 2. The first-order valence-corrected chi connectivity index (χ1v) is 8.34. The van der Waals surface area contributed by atoms with E-state index in [1.165, 1.54) is 0 Å². The van der Waals surface area contributed by atoms with Gasteiger partial charge in [-0.3, -0.25) is 14.3 Å². The van der Waals surface area contributed by atoms with Crippen molar-refractivity contribution >= 4 is 17.5 Å². The van der Waals surface area contributed by atoms with E-state index in [0.717, 1.165) is 6.42 Å². The zero-order valence-electron chi connectivity index (χ0n) is 13.9. The van der Waals surface area contributed by atoms with Crippen molar-refractivity contribution in [2.75, 3.05) is 31.2 Å². The van der Waals surface area contributed by atoms with Crippen molar-refractivity contribution in [2.45, 2.75) is 31.3 Å². The highest BCUT2D eigenvalue weighted by Gasteiger charge is 2.36. The maximum absolute atomic E-state index is 12.3. The maximum atomic E-state index is 12.3. The molecule has 2 amide bonds. The van der Waals surface area contributed by atoms with Crippen LogP contribution in [0.5, 0.6) is 0 Å². The second-order valence-electron chi connectivity index (χ2n) is 6.70. The lowest BCUT2D eigenvalue weighted by atomic mass is 9.93. The van der Waals surface area contributed by atoms with E-state index >= 15 is 0 Å². The summed E-state index contributed by atoms with van der Waals surface area (Å²) in [5.74, 6) is -0.576. The summed E-state index contributed by atoms with van der Waals surface area (Å²) in [4.78, 5) is 26.0. The van der Waals surface area contributed by atoms with Crippen LogP contribution >= 0.6 is 0 Å². The van der Waals surface area contributed by atoms with Crippen molar-refractivity contribution in [1.82, 2.24) is 15.1 Å². The van der Waals surface area contributed by atoms with E-state index in [0.29, 0.717) is 44.8 Å². The van der Waals surface area contributed by atoms with E-state index < -0.39 is 5.60 Å². The number of aromatic nitrogens is 2. The minimum Gasteiger partial charge on any atom is -0.387 e. The van der Waals surface area contributed by atoms with E-state index in [1.54, 1.807) is 29.0 Å². The molecule has 2 fully saturated rings. The summed E-state index contributed by atoms with van der Waals surface area (Å²) in [6.45, 7) is 1.75. The molecule has 0 aliphatic carbocycles. The van der Waals surface area contributed by atoms with Crippen LogP contribution < -0.4 is 10.2 Å². The lowest BCUT2D eigenvalue weighted by Gasteiger charge is -2.32. The Balaban J connectivity index is 1.48. The van der Waals surface area contributed by atoms with Crippen molar-refractivity contribution in [3.63, 3.8) is 0 Å². The number of aliphatic hydroxyl groups is 1. The Labute approximate surface area is 140 Å². The van der Waals surface area contributed by atoms with Crippen LogP contribution in [0.15, 0.2) is 12.4 Å². The summed E-state index contributed by atoms with van der Waals surface area (Å²) in [7, 11) is 1.79. The van der Waals surface area contributed by atoms with Crippen LogP contribution in [0.1, 0.15) is 25.7 Å². The van der Waals surface area contributed by atoms with Gasteiger partial charge in [-0.05, 0) is 19.3 Å². The molecule has 0 bridgehead atoms. The van der Waals surface area contributed by atoms with Gasteiger partial charge in [0.2, 0.25) is 11.8 Å². The zero-order chi connectivity index (χ0) is 17.2. The molecule has 0 radical (unpaired) electrons. The Bertz CT molecular complexity index is 609. The summed E-state index contributed by atoms with van der Waals surface area (Å²) in [5, 5.41) is 17.2. The predicted molar refractivity (Wildman–Crippen MR) is 86.3 cm³/mol. The van der Waals surface area contributed by atoms with Crippen LogP contribution in [0.3, 0.4) is 0 Å². The summed E-state index contributed by atoms with van der Waals surface area (Å²) in [5.41, 5.74) is -0.134. The third-order valence-corrected chi connectivity index (χ3v) is 4.69. The van der Waals surface area contributed by atoms with Crippen LogP contribution in [0.25, 0.3) is 0 Å². The molecule has 2 unspecified atom stereocenters. The number of hydrogen-bond donors (Lipinski definition) is 2. The fraction of sp³-hybridized carbons (Fsp3) is 0.688. The number of rotatable bonds is 5. The van der Waals surface area contributed by atoms with Crippen LogP contribution in [-0.4, -0.2) is 58.6 Å². The molecule has 1 aromatic rings. The molecule has 8 nitrogen and oxygen atoms in total. The average molecular weight is 336 g/mol. The van der Waals surface area contributed by atoms with E-state index in [-0.39, 0.29) is 24.2 Å². The van der Waals surface area contributed by atoms with Gasteiger partial charge in [0.15, 0.2) is 0 Å². The van der Waals surface area contributed by atoms with Gasteiger partial charge in [0.05, 0.1) is 30.0 Å². The third-order valence-electron chi connectivity index (χ3n) is 4.69. The molecular formula is C16H24N4O4. The minimum absolute atomic E-state index is 0.0672. The second kappa shape index (κ2) is 6.90. The Kier molecular flexibility index (Phi) is 4.86. The smallest absolute Gasteiger partial charge is 0.227 e.